The lowest BCUT2D eigenvalue weighted by molar-refractivity contribution is 0.103. The van der Waals surface area contributed by atoms with Crippen molar-refractivity contribution in [2.75, 3.05) is 12.4 Å². The summed E-state index contributed by atoms with van der Waals surface area (Å²) in [5, 5.41) is 3.79. The molecular weight excluding hydrogens is 434 g/mol. The molecule has 0 saturated heterocycles. The molecule has 4 rings (SSSR count). The number of nitrogens with zero attached hydrogens (tertiary/aromatic N) is 2. The molecule has 0 unspecified atom stereocenters. The summed E-state index contributed by atoms with van der Waals surface area (Å²) in [6.45, 7) is 4.34. The third kappa shape index (κ3) is 5.38. The molecule has 0 fully saturated rings. The standard InChI is InChI=1S/C26H25N3O3S/c1-4-18-5-7-20(8-6-18)26-28-17(2)24(33-26)25(30)29-21-9-10-22(31-3)23(15-21)32-16-19-11-13-27-14-12-19/h5-15H,4,16H2,1-3H3,(H,29,30). The van der Waals surface area contributed by atoms with Crippen LogP contribution in [-0.2, 0) is 13.0 Å². The molecule has 6 nitrogen and oxygen atoms in total. The first-order valence-corrected chi connectivity index (χ1v) is 11.5. The molecule has 0 aliphatic carbocycles. The third-order valence-corrected chi connectivity index (χ3v) is 6.38. The van der Waals surface area contributed by atoms with Gasteiger partial charge >= 0.3 is 0 Å². The van der Waals surface area contributed by atoms with Crippen LogP contribution in [0.15, 0.2) is 67.0 Å². The van der Waals surface area contributed by atoms with Gasteiger partial charge in [-0.25, -0.2) is 4.98 Å². The number of rotatable bonds is 8. The van der Waals surface area contributed by atoms with E-state index in [1.54, 1.807) is 37.7 Å². The van der Waals surface area contributed by atoms with Crippen molar-refractivity contribution in [1.82, 2.24) is 9.97 Å². The van der Waals surface area contributed by atoms with Crippen molar-refractivity contribution in [3.63, 3.8) is 0 Å². The van der Waals surface area contributed by atoms with Crippen LogP contribution in [0.5, 0.6) is 11.5 Å². The van der Waals surface area contributed by atoms with Crippen LogP contribution in [0.4, 0.5) is 5.69 Å². The van der Waals surface area contributed by atoms with Gasteiger partial charge in [0.25, 0.3) is 5.91 Å². The molecular formula is C26H25N3O3S. The van der Waals surface area contributed by atoms with Crippen molar-refractivity contribution in [2.24, 2.45) is 0 Å². The van der Waals surface area contributed by atoms with Gasteiger partial charge in [-0.05, 0) is 48.7 Å². The number of hydrogen-bond donors (Lipinski definition) is 1. The SMILES string of the molecule is CCc1ccc(-c2nc(C)c(C(=O)Nc3ccc(OC)c(OCc4ccncc4)c3)s2)cc1. The summed E-state index contributed by atoms with van der Waals surface area (Å²) in [5.74, 6) is 0.936. The molecule has 2 aromatic carbocycles. The van der Waals surface area contributed by atoms with Gasteiger partial charge in [0.2, 0.25) is 0 Å². The number of carbonyl (C=O) groups is 1. The van der Waals surface area contributed by atoms with Crippen molar-refractivity contribution < 1.29 is 14.3 Å². The minimum absolute atomic E-state index is 0.202. The minimum atomic E-state index is -0.202. The predicted molar refractivity (Wildman–Crippen MR) is 131 cm³/mol. The normalized spacial score (nSPS) is 10.6. The molecule has 33 heavy (non-hydrogen) atoms. The van der Waals surface area contributed by atoms with Gasteiger partial charge < -0.3 is 14.8 Å². The highest BCUT2D eigenvalue weighted by Gasteiger charge is 2.17. The predicted octanol–water partition coefficient (Wildman–Crippen LogP) is 5.92. The Hall–Kier alpha value is -3.71. The van der Waals surface area contributed by atoms with Crippen LogP contribution in [0, 0.1) is 6.92 Å². The summed E-state index contributed by atoms with van der Waals surface area (Å²) in [4.78, 5) is 22.2. The van der Waals surface area contributed by atoms with E-state index in [9.17, 15) is 4.79 Å². The van der Waals surface area contributed by atoms with Gasteiger partial charge in [-0.15, -0.1) is 11.3 Å². The number of benzene rings is 2. The van der Waals surface area contributed by atoms with E-state index in [4.69, 9.17) is 9.47 Å². The fourth-order valence-electron chi connectivity index (χ4n) is 3.31. The van der Waals surface area contributed by atoms with E-state index in [-0.39, 0.29) is 5.91 Å². The quantitative estimate of drug-likeness (QED) is 0.354. The zero-order valence-electron chi connectivity index (χ0n) is 18.8. The van der Waals surface area contributed by atoms with Crippen molar-refractivity contribution in [1.29, 1.82) is 0 Å². The zero-order chi connectivity index (χ0) is 23.2. The molecule has 0 aliphatic heterocycles. The smallest absolute Gasteiger partial charge is 0.267 e. The molecule has 0 saturated carbocycles. The third-order valence-electron chi connectivity index (χ3n) is 5.18. The van der Waals surface area contributed by atoms with Gasteiger partial charge in [0.15, 0.2) is 11.5 Å². The molecule has 0 atom stereocenters. The Balaban J connectivity index is 1.50. The van der Waals surface area contributed by atoms with Crippen LogP contribution < -0.4 is 14.8 Å². The second-order valence-electron chi connectivity index (χ2n) is 7.45. The molecule has 2 heterocycles. The fraction of sp³-hybridized carbons (Fsp3) is 0.192. The van der Waals surface area contributed by atoms with Gasteiger partial charge in [0, 0.05) is 29.7 Å². The zero-order valence-corrected chi connectivity index (χ0v) is 19.6. The minimum Gasteiger partial charge on any atom is -0.493 e. The van der Waals surface area contributed by atoms with E-state index >= 15 is 0 Å². The average molecular weight is 460 g/mol. The van der Waals surface area contributed by atoms with E-state index in [0.29, 0.717) is 34.4 Å². The number of nitrogens with one attached hydrogen (secondary N) is 1. The number of thiazole rings is 1. The largest absolute Gasteiger partial charge is 0.493 e. The molecule has 1 N–H and O–H groups in total. The Labute approximate surface area is 197 Å². The molecule has 4 aromatic rings. The maximum atomic E-state index is 13.0. The van der Waals surface area contributed by atoms with Crippen LogP contribution in [0.1, 0.15) is 33.4 Å². The van der Waals surface area contributed by atoms with E-state index in [1.165, 1.54) is 16.9 Å². The first kappa shape index (κ1) is 22.5. The Morgan fingerprint density at radius 1 is 1.00 bits per heavy atom. The number of ether oxygens (including phenoxy) is 2. The van der Waals surface area contributed by atoms with Gasteiger partial charge in [0.1, 0.15) is 16.5 Å². The fourth-order valence-corrected chi connectivity index (χ4v) is 4.28. The Kier molecular flexibility index (Phi) is 7.00. The molecule has 7 heteroatoms. The maximum Gasteiger partial charge on any atom is 0.267 e. The molecule has 2 aromatic heterocycles. The highest BCUT2D eigenvalue weighted by atomic mass is 32.1. The first-order chi connectivity index (χ1) is 16.1. The van der Waals surface area contributed by atoms with Crippen molar-refractivity contribution >= 4 is 22.9 Å². The van der Waals surface area contributed by atoms with Crippen molar-refractivity contribution in [3.05, 3.63) is 88.7 Å². The number of methoxy groups -OCH3 is 1. The molecule has 0 spiro atoms. The van der Waals surface area contributed by atoms with E-state index in [2.05, 4.69) is 46.5 Å². The number of hydrogen-bond acceptors (Lipinski definition) is 6. The van der Waals surface area contributed by atoms with Gasteiger partial charge in [-0.1, -0.05) is 31.2 Å². The van der Waals surface area contributed by atoms with Crippen molar-refractivity contribution in [2.45, 2.75) is 26.9 Å². The summed E-state index contributed by atoms with van der Waals surface area (Å²) in [5.41, 5.74) is 4.59. The lowest BCUT2D eigenvalue weighted by atomic mass is 10.1. The lowest BCUT2D eigenvalue weighted by Crippen LogP contribution is -2.11. The van der Waals surface area contributed by atoms with Gasteiger partial charge in [-0.3, -0.25) is 9.78 Å². The summed E-state index contributed by atoms with van der Waals surface area (Å²) in [7, 11) is 1.59. The van der Waals surface area contributed by atoms with E-state index in [0.717, 1.165) is 22.6 Å². The molecule has 1 amide bonds. The number of anilines is 1. The first-order valence-electron chi connectivity index (χ1n) is 10.6. The van der Waals surface area contributed by atoms with Gasteiger partial charge in [-0.2, -0.15) is 0 Å². The monoisotopic (exact) mass is 459 g/mol. The van der Waals surface area contributed by atoms with Gasteiger partial charge in [0.05, 0.1) is 12.8 Å². The Morgan fingerprint density at radius 3 is 2.45 bits per heavy atom. The Bertz CT molecular complexity index is 1240. The van der Waals surface area contributed by atoms with Crippen LogP contribution in [0.25, 0.3) is 10.6 Å². The van der Waals surface area contributed by atoms with Crippen molar-refractivity contribution in [3.8, 4) is 22.1 Å². The van der Waals surface area contributed by atoms with Crippen LogP contribution in [0.2, 0.25) is 0 Å². The number of carbonyl (C=O) groups excluding carboxylic acids is 1. The molecule has 0 radical (unpaired) electrons. The second-order valence-corrected chi connectivity index (χ2v) is 8.45. The lowest BCUT2D eigenvalue weighted by Gasteiger charge is -2.13. The average Bonchev–Trinajstić information content (AvgIpc) is 3.25. The van der Waals surface area contributed by atoms with Crippen LogP contribution in [0.3, 0.4) is 0 Å². The van der Waals surface area contributed by atoms with E-state index in [1.807, 2.05) is 19.1 Å². The summed E-state index contributed by atoms with van der Waals surface area (Å²) in [6.07, 6.45) is 4.42. The summed E-state index contributed by atoms with van der Waals surface area (Å²) >= 11 is 1.39. The molecule has 168 valence electrons. The Morgan fingerprint density at radius 2 is 1.76 bits per heavy atom. The summed E-state index contributed by atoms with van der Waals surface area (Å²) < 4.78 is 11.3. The topological polar surface area (TPSA) is 73.3 Å². The summed E-state index contributed by atoms with van der Waals surface area (Å²) in [6, 6.07) is 17.4. The highest BCUT2D eigenvalue weighted by Crippen LogP contribution is 2.32. The second kappa shape index (κ2) is 10.3. The molecule has 0 aliphatic rings. The van der Waals surface area contributed by atoms with Crippen LogP contribution in [-0.4, -0.2) is 23.0 Å². The number of amides is 1. The highest BCUT2D eigenvalue weighted by molar-refractivity contribution is 7.17. The number of pyridine rings is 1. The van der Waals surface area contributed by atoms with Crippen LogP contribution >= 0.6 is 11.3 Å². The number of aromatic nitrogens is 2. The maximum absolute atomic E-state index is 13.0. The number of aryl methyl sites for hydroxylation is 2. The van der Waals surface area contributed by atoms with E-state index < -0.39 is 0 Å². The molecule has 0 bridgehead atoms.